The Balaban J connectivity index is 3.50. The van der Waals surface area contributed by atoms with Crippen LogP contribution >= 0.6 is 15.9 Å². The molecule has 1 aromatic carbocycles. The second kappa shape index (κ2) is 4.80. The third kappa shape index (κ3) is 2.17. The number of hydrogen-bond donors (Lipinski definition) is 2. The smallest absolute Gasteiger partial charge is 0.325 e. The van der Waals surface area contributed by atoms with Gasteiger partial charge in [-0.3, -0.25) is 4.79 Å². The molecule has 0 aliphatic rings. The molecule has 1 rings (SSSR count). The van der Waals surface area contributed by atoms with E-state index < -0.39 is 17.8 Å². The number of methoxy groups -OCH3 is 1. The molecule has 0 bridgehead atoms. The fourth-order valence-electron chi connectivity index (χ4n) is 1.43. The number of carboxylic acids is 1. The molecule has 0 fully saturated rings. The van der Waals surface area contributed by atoms with Crippen molar-refractivity contribution >= 4 is 21.9 Å². The number of benzene rings is 1. The van der Waals surface area contributed by atoms with Gasteiger partial charge in [-0.2, -0.15) is 0 Å². The highest BCUT2D eigenvalue weighted by Crippen LogP contribution is 2.36. The summed E-state index contributed by atoms with van der Waals surface area (Å²) in [6, 6.07) is -0.0835. The van der Waals surface area contributed by atoms with Gasteiger partial charge >= 0.3 is 5.97 Å². The van der Waals surface area contributed by atoms with Gasteiger partial charge in [0.2, 0.25) is 0 Å². The summed E-state index contributed by atoms with van der Waals surface area (Å²) >= 11 is 2.98. The van der Waals surface area contributed by atoms with Crippen molar-refractivity contribution in [1.29, 1.82) is 0 Å². The van der Waals surface area contributed by atoms with E-state index in [-0.39, 0.29) is 15.8 Å². The first-order valence-corrected chi connectivity index (χ1v) is 5.20. The SMILES string of the molecule is COc1c(C)cc(F)c(Br)c1C(N)C(=O)O. The number of ether oxygens (including phenoxy) is 1. The van der Waals surface area contributed by atoms with E-state index in [1.54, 1.807) is 6.92 Å². The number of aryl methyl sites for hydroxylation is 1. The molecule has 0 aromatic heterocycles. The molecule has 0 aliphatic heterocycles. The van der Waals surface area contributed by atoms with Crippen molar-refractivity contribution in [2.24, 2.45) is 5.73 Å². The number of aliphatic carboxylic acids is 1. The zero-order valence-corrected chi connectivity index (χ0v) is 10.3. The Morgan fingerprint density at radius 1 is 1.69 bits per heavy atom. The van der Waals surface area contributed by atoms with Gasteiger partial charge in [0.25, 0.3) is 0 Å². The van der Waals surface area contributed by atoms with Crippen LogP contribution in [0.3, 0.4) is 0 Å². The third-order valence-corrected chi connectivity index (χ3v) is 2.98. The molecule has 1 aromatic rings. The van der Waals surface area contributed by atoms with Crippen LogP contribution in [0.5, 0.6) is 5.75 Å². The summed E-state index contributed by atoms with van der Waals surface area (Å²) < 4.78 is 18.5. The Morgan fingerprint density at radius 2 is 2.25 bits per heavy atom. The number of rotatable bonds is 3. The van der Waals surface area contributed by atoms with Crippen LogP contribution in [-0.4, -0.2) is 18.2 Å². The van der Waals surface area contributed by atoms with Crippen LogP contribution in [0.15, 0.2) is 10.5 Å². The van der Waals surface area contributed by atoms with Crippen LogP contribution in [0.4, 0.5) is 4.39 Å². The first-order chi connectivity index (χ1) is 7.40. The van der Waals surface area contributed by atoms with Crippen LogP contribution in [0.1, 0.15) is 17.2 Å². The van der Waals surface area contributed by atoms with Crippen molar-refractivity contribution in [1.82, 2.24) is 0 Å². The van der Waals surface area contributed by atoms with Crippen molar-refractivity contribution in [2.75, 3.05) is 7.11 Å². The first kappa shape index (κ1) is 12.9. The normalized spacial score (nSPS) is 12.3. The highest BCUT2D eigenvalue weighted by molar-refractivity contribution is 9.10. The van der Waals surface area contributed by atoms with Gasteiger partial charge in [0.15, 0.2) is 0 Å². The predicted octanol–water partition coefficient (Wildman–Crippen LogP) is 1.99. The van der Waals surface area contributed by atoms with Gasteiger partial charge in [0.05, 0.1) is 11.6 Å². The molecule has 1 unspecified atom stereocenters. The summed E-state index contributed by atoms with van der Waals surface area (Å²) in [6.45, 7) is 1.62. The van der Waals surface area contributed by atoms with E-state index >= 15 is 0 Å². The highest BCUT2D eigenvalue weighted by Gasteiger charge is 2.25. The Bertz CT molecular complexity index is 437. The lowest BCUT2D eigenvalue weighted by atomic mass is 10.0. The van der Waals surface area contributed by atoms with E-state index in [4.69, 9.17) is 15.6 Å². The maximum absolute atomic E-state index is 13.4. The average molecular weight is 292 g/mol. The van der Waals surface area contributed by atoms with E-state index in [0.29, 0.717) is 5.56 Å². The topological polar surface area (TPSA) is 72.5 Å². The van der Waals surface area contributed by atoms with Gasteiger partial charge in [-0.25, -0.2) is 4.39 Å². The van der Waals surface area contributed by atoms with E-state index in [1.165, 1.54) is 13.2 Å². The number of halogens is 2. The van der Waals surface area contributed by atoms with Gasteiger partial charge < -0.3 is 15.6 Å². The number of carbonyl (C=O) groups is 1. The lowest BCUT2D eigenvalue weighted by Crippen LogP contribution is -2.22. The van der Waals surface area contributed by atoms with Crippen LogP contribution in [0.2, 0.25) is 0 Å². The number of hydrogen-bond acceptors (Lipinski definition) is 3. The summed E-state index contributed by atoms with van der Waals surface area (Å²) in [7, 11) is 1.38. The number of nitrogens with two attached hydrogens (primary N) is 1. The van der Waals surface area contributed by atoms with Gasteiger partial charge in [0.1, 0.15) is 17.6 Å². The van der Waals surface area contributed by atoms with Crippen LogP contribution in [-0.2, 0) is 4.79 Å². The summed E-state index contributed by atoms with van der Waals surface area (Å²) in [5.41, 5.74) is 6.08. The third-order valence-electron chi connectivity index (χ3n) is 2.17. The zero-order valence-electron chi connectivity index (χ0n) is 8.75. The van der Waals surface area contributed by atoms with E-state index in [0.717, 1.165) is 0 Å². The quantitative estimate of drug-likeness (QED) is 0.893. The summed E-state index contributed by atoms with van der Waals surface area (Å²) in [5.74, 6) is -1.53. The van der Waals surface area contributed by atoms with Crippen LogP contribution < -0.4 is 10.5 Å². The van der Waals surface area contributed by atoms with E-state index in [9.17, 15) is 9.18 Å². The summed E-state index contributed by atoms with van der Waals surface area (Å²) in [4.78, 5) is 10.8. The fraction of sp³-hybridized carbons (Fsp3) is 0.300. The molecule has 0 aliphatic carbocycles. The van der Waals surface area contributed by atoms with Gasteiger partial charge in [-0.05, 0) is 34.5 Å². The Labute approximate surface area is 100 Å². The van der Waals surface area contributed by atoms with Gasteiger partial charge in [-0.1, -0.05) is 0 Å². The largest absolute Gasteiger partial charge is 0.496 e. The van der Waals surface area contributed by atoms with Gasteiger partial charge in [0, 0.05) is 5.56 Å². The molecule has 0 radical (unpaired) electrons. The van der Waals surface area contributed by atoms with Crippen molar-refractivity contribution in [3.05, 3.63) is 27.5 Å². The second-order valence-electron chi connectivity index (χ2n) is 3.25. The molecule has 0 amide bonds. The standard InChI is InChI=1S/C10H11BrFNO3/c1-4-3-5(12)7(11)6(9(4)16-2)8(13)10(14)15/h3,8H,13H2,1-2H3,(H,14,15). The summed E-state index contributed by atoms with van der Waals surface area (Å²) in [5, 5.41) is 8.84. The molecule has 16 heavy (non-hydrogen) atoms. The zero-order chi connectivity index (χ0) is 12.5. The average Bonchev–Trinajstić information content (AvgIpc) is 2.21. The maximum Gasteiger partial charge on any atom is 0.325 e. The van der Waals surface area contributed by atoms with Crippen molar-refractivity contribution in [3.8, 4) is 5.75 Å². The molecule has 4 nitrogen and oxygen atoms in total. The molecule has 1 atom stereocenters. The van der Waals surface area contributed by atoms with Gasteiger partial charge in [-0.15, -0.1) is 0 Å². The molecular weight excluding hydrogens is 281 g/mol. The summed E-state index contributed by atoms with van der Waals surface area (Å²) in [6.07, 6.45) is 0. The van der Waals surface area contributed by atoms with Crippen molar-refractivity contribution in [2.45, 2.75) is 13.0 Å². The molecular formula is C10H11BrFNO3. The van der Waals surface area contributed by atoms with Crippen LogP contribution in [0, 0.1) is 12.7 Å². The minimum absolute atomic E-state index is 0.0184. The lowest BCUT2D eigenvalue weighted by Gasteiger charge is -2.16. The minimum atomic E-state index is -1.33. The first-order valence-electron chi connectivity index (χ1n) is 4.41. The van der Waals surface area contributed by atoms with Crippen LogP contribution in [0.25, 0.3) is 0 Å². The van der Waals surface area contributed by atoms with Crippen molar-refractivity contribution in [3.63, 3.8) is 0 Å². The van der Waals surface area contributed by atoms with E-state index in [1.807, 2.05) is 0 Å². The Morgan fingerprint density at radius 3 is 2.69 bits per heavy atom. The monoisotopic (exact) mass is 291 g/mol. The molecule has 6 heteroatoms. The second-order valence-corrected chi connectivity index (χ2v) is 4.05. The Kier molecular flexibility index (Phi) is 3.88. The fourth-order valence-corrected chi connectivity index (χ4v) is 1.97. The highest BCUT2D eigenvalue weighted by atomic mass is 79.9. The lowest BCUT2D eigenvalue weighted by molar-refractivity contribution is -0.138. The molecule has 0 spiro atoms. The molecule has 0 saturated carbocycles. The molecule has 3 N–H and O–H groups in total. The number of carboxylic acid groups (broad SMARTS) is 1. The molecule has 0 saturated heterocycles. The maximum atomic E-state index is 13.4. The van der Waals surface area contributed by atoms with E-state index in [2.05, 4.69) is 15.9 Å². The molecule has 0 heterocycles. The minimum Gasteiger partial charge on any atom is -0.496 e. The Hall–Kier alpha value is -1.14. The predicted molar refractivity (Wildman–Crippen MR) is 60.0 cm³/mol. The van der Waals surface area contributed by atoms with Crippen molar-refractivity contribution < 1.29 is 19.0 Å². The molecule has 88 valence electrons.